The number of fused-ring (bicyclic) bond motifs is 1. The number of aromatic nitrogens is 1. The smallest absolute Gasteiger partial charge is 0.240 e. The minimum absolute atomic E-state index is 0.0740. The highest BCUT2D eigenvalue weighted by atomic mass is 35.5. The largest absolute Gasteiger partial charge is 0.273 e. The molecule has 0 saturated carbocycles. The van der Waals surface area contributed by atoms with Crippen molar-refractivity contribution < 1.29 is 4.79 Å². The Morgan fingerprint density at radius 3 is 2.72 bits per heavy atom. The molecule has 0 spiro atoms. The molecular weight excluding hydrogens is 334 g/mol. The van der Waals surface area contributed by atoms with Gasteiger partial charge in [-0.3, -0.25) is 9.78 Å². The van der Waals surface area contributed by atoms with Crippen molar-refractivity contribution in [2.45, 2.75) is 19.4 Å². The Bertz CT molecular complexity index is 982. The minimum Gasteiger partial charge on any atom is -0.273 e. The molecule has 2 heterocycles. The standard InChI is InChI=1S/C20H16ClN3O/c1-13(25)24-20(12-19(23-24)15-6-8-17(21)9-7-15)16-5-4-14-3-2-10-22-18(14)11-16/h2-11,20H,12H2,1H3/t20-/m0/s1. The van der Waals surface area contributed by atoms with Crippen LogP contribution in [0.5, 0.6) is 0 Å². The predicted molar refractivity (Wildman–Crippen MR) is 99.6 cm³/mol. The third-order valence-corrected chi connectivity index (χ3v) is 4.68. The summed E-state index contributed by atoms with van der Waals surface area (Å²) in [6, 6.07) is 17.5. The van der Waals surface area contributed by atoms with Crippen LogP contribution in [-0.4, -0.2) is 21.6 Å². The van der Waals surface area contributed by atoms with Crippen LogP contribution in [0.3, 0.4) is 0 Å². The second-order valence-corrected chi connectivity index (χ2v) is 6.53. The molecule has 0 saturated heterocycles. The normalized spacial score (nSPS) is 17.0. The third kappa shape index (κ3) is 3.01. The molecule has 4 rings (SSSR count). The van der Waals surface area contributed by atoms with Crippen molar-refractivity contribution in [3.05, 3.63) is 76.9 Å². The van der Waals surface area contributed by atoms with Crippen LogP contribution in [0.15, 0.2) is 65.9 Å². The lowest BCUT2D eigenvalue weighted by Gasteiger charge is -2.20. The topological polar surface area (TPSA) is 45.6 Å². The maximum Gasteiger partial charge on any atom is 0.240 e. The Labute approximate surface area is 150 Å². The first kappa shape index (κ1) is 15.8. The maximum absolute atomic E-state index is 12.1. The van der Waals surface area contributed by atoms with Gasteiger partial charge in [-0.1, -0.05) is 41.9 Å². The number of carbonyl (C=O) groups is 1. The summed E-state index contributed by atoms with van der Waals surface area (Å²) in [4.78, 5) is 16.5. The van der Waals surface area contributed by atoms with Gasteiger partial charge < -0.3 is 0 Å². The van der Waals surface area contributed by atoms with E-state index in [1.807, 2.05) is 54.6 Å². The average Bonchev–Trinajstić information content (AvgIpc) is 3.07. The van der Waals surface area contributed by atoms with Crippen LogP contribution in [0.1, 0.15) is 30.5 Å². The van der Waals surface area contributed by atoms with Gasteiger partial charge in [-0.2, -0.15) is 5.10 Å². The number of amides is 1. The van der Waals surface area contributed by atoms with E-state index in [0.717, 1.165) is 27.7 Å². The zero-order chi connectivity index (χ0) is 17.4. The van der Waals surface area contributed by atoms with Crippen molar-refractivity contribution >= 4 is 34.1 Å². The Morgan fingerprint density at radius 2 is 1.96 bits per heavy atom. The fourth-order valence-electron chi connectivity index (χ4n) is 3.17. The van der Waals surface area contributed by atoms with E-state index in [2.05, 4.69) is 10.1 Å². The Morgan fingerprint density at radius 1 is 1.16 bits per heavy atom. The number of nitrogens with zero attached hydrogens (tertiary/aromatic N) is 3. The molecule has 4 nitrogen and oxygen atoms in total. The maximum atomic E-state index is 12.1. The summed E-state index contributed by atoms with van der Waals surface area (Å²) in [5.41, 5.74) is 3.83. The van der Waals surface area contributed by atoms with E-state index in [1.54, 1.807) is 18.1 Å². The van der Waals surface area contributed by atoms with E-state index in [9.17, 15) is 4.79 Å². The summed E-state index contributed by atoms with van der Waals surface area (Å²) in [6.07, 6.45) is 2.44. The summed E-state index contributed by atoms with van der Waals surface area (Å²) >= 11 is 5.97. The summed E-state index contributed by atoms with van der Waals surface area (Å²) in [6.45, 7) is 1.54. The van der Waals surface area contributed by atoms with Gasteiger partial charge in [0.1, 0.15) is 0 Å². The fraction of sp³-hybridized carbons (Fsp3) is 0.150. The van der Waals surface area contributed by atoms with E-state index in [0.29, 0.717) is 11.4 Å². The molecule has 25 heavy (non-hydrogen) atoms. The van der Waals surface area contributed by atoms with E-state index < -0.39 is 0 Å². The van der Waals surface area contributed by atoms with Gasteiger partial charge in [0.2, 0.25) is 5.91 Å². The van der Waals surface area contributed by atoms with Gasteiger partial charge in [-0.05, 0) is 35.4 Å². The van der Waals surface area contributed by atoms with Gasteiger partial charge in [0, 0.05) is 30.0 Å². The number of pyridine rings is 1. The fourth-order valence-corrected chi connectivity index (χ4v) is 3.29. The lowest BCUT2D eigenvalue weighted by atomic mass is 9.97. The average molecular weight is 350 g/mol. The minimum atomic E-state index is -0.116. The van der Waals surface area contributed by atoms with Gasteiger partial charge in [0.05, 0.1) is 17.3 Å². The summed E-state index contributed by atoms with van der Waals surface area (Å²) < 4.78 is 0. The highest BCUT2D eigenvalue weighted by Crippen LogP contribution is 2.34. The van der Waals surface area contributed by atoms with Crippen molar-refractivity contribution in [3.63, 3.8) is 0 Å². The van der Waals surface area contributed by atoms with Crippen LogP contribution in [0, 0.1) is 0 Å². The van der Waals surface area contributed by atoms with E-state index in [4.69, 9.17) is 11.6 Å². The SMILES string of the molecule is CC(=O)N1N=C(c2ccc(Cl)cc2)C[C@H]1c1ccc2cccnc2c1. The van der Waals surface area contributed by atoms with E-state index >= 15 is 0 Å². The van der Waals surface area contributed by atoms with Gasteiger partial charge in [-0.15, -0.1) is 0 Å². The van der Waals surface area contributed by atoms with Crippen LogP contribution in [0.25, 0.3) is 10.9 Å². The van der Waals surface area contributed by atoms with Crippen LogP contribution < -0.4 is 0 Å². The Hall–Kier alpha value is -2.72. The quantitative estimate of drug-likeness (QED) is 0.679. The molecule has 0 bridgehead atoms. The monoisotopic (exact) mass is 349 g/mol. The molecule has 0 fully saturated rings. The first-order chi connectivity index (χ1) is 12.1. The summed E-state index contributed by atoms with van der Waals surface area (Å²) in [5.74, 6) is -0.0740. The Kier molecular flexibility index (Phi) is 3.98. The third-order valence-electron chi connectivity index (χ3n) is 4.43. The number of rotatable bonds is 2. The van der Waals surface area contributed by atoms with Gasteiger partial charge in [0.15, 0.2) is 0 Å². The first-order valence-corrected chi connectivity index (χ1v) is 8.47. The molecule has 2 aromatic carbocycles. The first-order valence-electron chi connectivity index (χ1n) is 8.10. The van der Waals surface area contributed by atoms with Gasteiger partial charge >= 0.3 is 0 Å². The number of halogens is 1. The lowest BCUT2D eigenvalue weighted by Crippen LogP contribution is -2.24. The van der Waals surface area contributed by atoms with E-state index in [-0.39, 0.29) is 11.9 Å². The molecular formula is C20H16ClN3O. The van der Waals surface area contributed by atoms with Gasteiger partial charge in [-0.25, -0.2) is 5.01 Å². The lowest BCUT2D eigenvalue weighted by molar-refractivity contribution is -0.130. The number of hydrogen-bond acceptors (Lipinski definition) is 3. The molecule has 0 N–H and O–H groups in total. The van der Waals surface area contributed by atoms with Crippen LogP contribution >= 0.6 is 11.6 Å². The molecule has 1 amide bonds. The van der Waals surface area contributed by atoms with Crippen molar-refractivity contribution in [2.24, 2.45) is 5.10 Å². The predicted octanol–water partition coefficient (Wildman–Crippen LogP) is 4.59. The molecule has 5 heteroatoms. The molecule has 1 aliphatic heterocycles. The number of benzene rings is 2. The van der Waals surface area contributed by atoms with Crippen molar-refractivity contribution in [3.8, 4) is 0 Å². The van der Waals surface area contributed by atoms with E-state index in [1.165, 1.54) is 0 Å². The number of hydrogen-bond donors (Lipinski definition) is 0. The molecule has 1 atom stereocenters. The molecule has 0 unspecified atom stereocenters. The zero-order valence-corrected chi connectivity index (χ0v) is 14.4. The van der Waals surface area contributed by atoms with Crippen molar-refractivity contribution in [1.82, 2.24) is 9.99 Å². The zero-order valence-electron chi connectivity index (χ0n) is 13.7. The van der Waals surface area contributed by atoms with Crippen LogP contribution in [0.2, 0.25) is 5.02 Å². The molecule has 1 aliphatic rings. The molecule has 0 radical (unpaired) electrons. The van der Waals surface area contributed by atoms with Gasteiger partial charge in [0.25, 0.3) is 0 Å². The number of carbonyl (C=O) groups excluding carboxylic acids is 1. The summed E-state index contributed by atoms with van der Waals surface area (Å²) in [5, 5.41) is 7.89. The summed E-state index contributed by atoms with van der Waals surface area (Å²) in [7, 11) is 0. The molecule has 1 aromatic heterocycles. The highest BCUT2D eigenvalue weighted by Gasteiger charge is 2.31. The second kappa shape index (κ2) is 6.30. The Balaban J connectivity index is 1.71. The second-order valence-electron chi connectivity index (χ2n) is 6.09. The van der Waals surface area contributed by atoms with Crippen LogP contribution in [0.4, 0.5) is 0 Å². The molecule has 0 aliphatic carbocycles. The molecule has 124 valence electrons. The van der Waals surface area contributed by atoms with Crippen LogP contribution in [-0.2, 0) is 4.79 Å². The van der Waals surface area contributed by atoms with Crippen molar-refractivity contribution in [2.75, 3.05) is 0 Å². The highest BCUT2D eigenvalue weighted by molar-refractivity contribution is 6.30. The van der Waals surface area contributed by atoms with Crippen molar-refractivity contribution in [1.29, 1.82) is 0 Å². The number of hydrazone groups is 1. The molecule has 3 aromatic rings.